The summed E-state index contributed by atoms with van der Waals surface area (Å²) in [4.78, 5) is 38.2. The van der Waals surface area contributed by atoms with Crippen LogP contribution in [0.2, 0.25) is 0 Å². The van der Waals surface area contributed by atoms with Gasteiger partial charge in [-0.1, -0.05) is 13.8 Å². The summed E-state index contributed by atoms with van der Waals surface area (Å²) in [6.07, 6.45) is 0. The fraction of sp³-hybridized carbons (Fsp3) is 0.263. The van der Waals surface area contributed by atoms with E-state index in [2.05, 4.69) is 10.4 Å². The van der Waals surface area contributed by atoms with E-state index in [9.17, 15) is 18.8 Å². The van der Waals surface area contributed by atoms with E-state index in [-0.39, 0.29) is 23.8 Å². The van der Waals surface area contributed by atoms with Crippen molar-refractivity contribution < 1.29 is 9.18 Å². The highest BCUT2D eigenvalue weighted by atomic mass is 32.1. The summed E-state index contributed by atoms with van der Waals surface area (Å²) >= 11 is 1.26. The molecular weight excluding hydrogens is 397 g/mol. The van der Waals surface area contributed by atoms with Crippen LogP contribution in [0.3, 0.4) is 0 Å². The monoisotopic (exact) mass is 415 g/mol. The molecule has 150 valence electrons. The van der Waals surface area contributed by atoms with E-state index >= 15 is 0 Å². The topological polar surface area (TPSA) is 90.4 Å². The van der Waals surface area contributed by atoms with E-state index in [1.807, 2.05) is 13.8 Å². The van der Waals surface area contributed by atoms with Gasteiger partial charge in [-0.05, 0) is 41.6 Å². The number of amides is 1. The van der Waals surface area contributed by atoms with E-state index < -0.39 is 17.4 Å². The van der Waals surface area contributed by atoms with E-state index in [1.165, 1.54) is 44.6 Å². The summed E-state index contributed by atoms with van der Waals surface area (Å²) in [5, 5.41) is 8.61. The summed E-state index contributed by atoms with van der Waals surface area (Å²) in [5.41, 5.74) is 0.176. The smallest absolute Gasteiger partial charge is 0.324 e. The first kappa shape index (κ1) is 19.1. The Kier molecular flexibility index (Phi) is 4.79. The summed E-state index contributed by atoms with van der Waals surface area (Å²) < 4.78 is 17.3. The quantitative estimate of drug-likeness (QED) is 0.542. The van der Waals surface area contributed by atoms with Gasteiger partial charge in [-0.15, -0.1) is 16.4 Å². The van der Waals surface area contributed by atoms with Crippen LogP contribution in [0.1, 0.15) is 13.8 Å². The molecule has 3 aromatic heterocycles. The Morgan fingerprint density at radius 1 is 1.21 bits per heavy atom. The second-order valence-corrected chi connectivity index (χ2v) is 7.99. The third-order valence-corrected chi connectivity index (χ3v) is 5.25. The number of hydrogen-bond acceptors (Lipinski definition) is 5. The maximum Gasteiger partial charge on any atom is 0.352 e. The van der Waals surface area contributed by atoms with Crippen molar-refractivity contribution in [2.24, 2.45) is 5.92 Å². The first-order valence-corrected chi connectivity index (χ1v) is 9.88. The minimum absolute atomic E-state index is 0.163. The molecule has 4 aromatic rings. The molecule has 0 atom stereocenters. The maximum atomic E-state index is 13.0. The van der Waals surface area contributed by atoms with Crippen molar-refractivity contribution >= 4 is 38.9 Å². The number of thiophene rings is 1. The normalized spacial score (nSPS) is 11.6. The van der Waals surface area contributed by atoms with Gasteiger partial charge < -0.3 is 5.32 Å². The summed E-state index contributed by atoms with van der Waals surface area (Å²) in [6.45, 7) is 3.99. The lowest BCUT2D eigenvalue weighted by Crippen LogP contribution is -2.29. The zero-order valence-corrected chi connectivity index (χ0v) is 16.6. The fourth-order valence-electron chi connectivity index (χ4n) is 3.14. The number of carbonyl (C=O) groups excluding carboxylic acids is 1. The first-order valence-electron chi connectivity index (χ1n) is 9.00. The first-order chi connectivity index (χ1) is 13.8. The lowest BCUT2D eigenvalue weighted by molar-refractivity contribution is -0.117. The highest BCUT2D eigenvalue weighted by molar-refractivity contribution is 7.17. The van der Waals surface area contributed by atoms with Crippen molar-refractivity contribution in [2.45, 2.75) is 26.9 Å². The summed E-state index contributed by atoms with van der Waals surface area (Å²) in [5.74, 6) is -0.533. The number of nitrogens with zero attached hydrogens (tertiary/aromatic N) is 4. The molecule has 0 aliphatic heterocycles. The number of rotatable bonds is 5. The second-order valence-electron chi connectivity index (χ2n) is 7.08. The zero-order chi connectivity index (χ0) is 20.7. The van der Waals surface area contributed by atoms with Crippen LogP contribution in [0.25, 0.3) is 16.0 Å². The predicted octanol–water partition coefficient (Wildman–Crippen LogP) is 2.31. The number of carbonyl (C=O) groups is 1. The third-order valence-electron chi connectivity index (χ3n) is 4.36. The molecule has 4 rings (SSSR count). The Labute approximate surface area is 167 Å². The van der Waals surface area contributed by atoms with Crippen molar-refractivity contribution in [3.05, 3.63) is 62.4 Å². The van der Waals surface area contributed by atoms with Crippen molar-refractivity contribution in [3.63, 3.8) is 0 Å². The minimum Gasteiger partial charge on any atom is -0.324 e. The van der Waals surface area contributed by atoms with E-state index in [0.29, 0.717) is 22.4 Å². The lowest BCUT2D eigenvalue weighted by atomic mass is 10.2. The van der Waals surface area contributed by atoms with Gasteiger partial charge in [0, 0.05) is 12.2 Å². The average Bonchev–Trinajstić information content (AvgIpc) is 3.26. The van der Waals surface area contributed by atoms with Gasteiger partial charge in [-0.2, -0.15) is 0 Å². The fourth-order valence-corrected chi connectivity index (χ4v) is 3.96. The van der Waals surface area contributed by atoms with Gasteiger partial charge in [-0.3, -0.25) is 14.2 Å². The number of hydrogen-bond donors (Lipinski definition) is 1. The Balaban J connectivity index is 1.77. The zero-order valence-electron chi connectivity index (χ0n) is 15.8. The molecule has 0 aliphatic rings. The van der Waals surface area contributed by atoms with Crippen molar-refractivity contribution in [3.8, 4) is 0 Å². The molecule has 0 radical (unpaired) electrons. The number of nitrogens with one attached hydrogen (secondary N) is 1. The molecule has 1 amide bonds. The Bertz CT molecular complexity index is 1330. The van der Waals surface area contributed by atoms with Crippen LogP contribution < -0.4 is 16.6 Å². The molecule has 29 heavy (non-hydrogen) atoms. The molecular formula is C19H18FN5O3S. The maximum absolute atomic E-state index is 13.0. The molecule has 0 saturated carbocycles. The molecule has 0 unspecified atom stereocenters. The van der Waals surface area contributed by atoms with Gasteiger partial charge in [0.05, 0.1) is 5.52 Å². The highest BCUT2D eigenvalue weighted by Crippen LogP contribution is 2.17. The molecule has 0 bridgehead atoms. The van der Waals surface area contributed by atoms with E-state index in [1.54, 1.807) is 11.4 Å². The van der Waals surface area contributed by atoms with Crippen LogP contribution in [0.4, 0.5) is 10.1 Å². The van der Waals surface area contributed by atoms with Gasteiger partial charge in [-0.25, -0.2) is 18.3 Å². The molecule has 0 aliphatic carbocycles. The van der Waals surface area contributed by atoms with Gasteiger partial charge in [0.25, 0.3) is 5.56 Å². The number of benzene rings is 1. The molecule has 1 aromatic carbocycles. The van der Waals surface area contributed by atoms with Crippen molar-refractivity contribution in [2.75, 3.05) is 5.32 Å². The van der Waals surface area contributed by atoms with Crippen LogP contribution in [-0.4, -0.2) is 24.7 Å². The highest BCUT2D eigenvalue weighted by Gasteiger charge is 2.20. The summed E-state index contributed by atoms with van der Waals surface area (Å²) in [7, 11) is 0. The molecule has 0 fully saturated rings. The Hall–Kier alpha value is -3.27. The van der Waals surface area contributed by atoms with Crippen LogP contribution in [0.5, 0.6) is 0 Å². The molecule has 1 N–H and O–H groups in total. The Morgan fingerprint density at radius 3 is 2.62 bits per heavy atom. The van der Waals surface area contributed by atoms with Crippen molar-refractivity contribution in [1.29, 1.82) is 0 Å². The Morgan fingerprint density at radius 2 is 1.93 bits per heavy atom. The van der Waals surface area contributed by atoms with E-state index in [4.69, 9.17) is 0 Å². The van der Waals surface area contributed by atoms with Crippen LogP contribution >= 0.6 is 11.3 Å². The van der Waals surface area contributed by atoms with Crippen molar-refractivity contribution in [1.82, 2.24) is 18.7 Å². The number of aromatic nitrogens is 4. The number of fused-ring (bicyclic) bond motifs is 3. The second kappa shape index (κ2) is 7.28. The minimum atomic E-state index is -0.504. The average molecular weight is 415 g/mol. The molecule has 0 saturated heterocycles. The lowest BCUT2D eigenvalue weighted by Gasteiger charge is -2.09. The number of halogens is 1. The molecule has 3 heterocycles. The molecule has 8 nitrogen and oxygen atoms in total. The summed E-state index contributed by atoms with van der Waals surface area (Å²) in [6, 6.07) is 7.00. The predicted molar refractivity (Wildman–Crippen MR) is 109 cm³/mol. The SMILES string of the molecule is CC(C)Cn1c(=O)c2sccc2n2c(=O)n(CC(=O)Nc3ccc(F)cc3)nc12. The standard InChI is InChI=1S/C19H18FN5O3S/c1-11(2)9-23-17(27)16-14(7-8-29-16)25-18(23)22-24(19(25)28)10-15(26)21-13-5-3-12(20)4-6-13/h3-8,11H,9-10H2,1-2H3,(H,21,26). The van der Waals surface area contributed by atoms with Crippen LogP contribution in [-0.2, 0) is 17.9 Å². The van der Waals surface area contributed by atoms with Gasteiger partial charge >= 0.3 is 5.69 Å². The van der Waals surface area contributed by atoms with Crippen LogP contribution in [0, 0.1) is 11.7 Å². The molecule has 10 heteroatoms. The van der Waals surface area contributed by atoms with Gasteiger partial charge in [0.1, 0.15) is 17.1 Å². The number of anilines is 1. The molecule has 0 spiro atoms. The third kappa shape index (κ3) is 3.46. The van der Waals surface area contributed by atoms with Crippen LogP contribution in [0.15, 0.2) is 45.3 Å². The van der Waals surface area contributed by atoms with Gasteiger partial charge in [0.2, 0.25) is 11.7 Å². The van der Waals surface area contributed by atoms with Gasteiger partial charge in [0.15, 0.2) is 0 Å². The van der Waals surface area contributed by atoms with E-state index in [0.717, 1.165) is 4.68 Å². The largest absolute Gasteiger partial charge is 0.352 e.